The second kappa shape index (κ2) is 8.01. The number of aryl methyl sites for hydroxylation is 1. The lowest BCUT2D eigenvalue weighted by atomic mass is 9.87. The summed E-state index contributed by atoms with van der Waals surface area (Å²) in [7, 11) is -3.60. The number of carbonyl (C=O) groups excluding carboxylic acids is 1. The van der Waals surface area contributed by atoms with E-state index in [1.165, 1.54) is 5.56 Å². The van der Waals surface area contributed by atoms with Crippen molar-refractivity contribution in [3.8, 4) is 0 Å². The van der Waals surface area contributed by atoms with Gasteiger partial charge < -0.3 is 5.32 Å². The van der Waals surface area contributed by atoms with Gasteiger partial charge in [0.1, 0.15) is 0 Å². The average molecular weight is 375 g/mol. The zero-order valence-corrected chi connectivity index (χ0v) is 16.5. The Morgan fingerprint density at radius 2 is 1.54 bits per heavy atom. The molecule has 1 amide bonds. The Labute approximate surface area is 155 Å². The molecule has 2 aromatic rings. The molecule has 2 rings (SSSR count). The Kier molecular flexibility index (Phi) is 6.21. The van der Waals surface area contributed by atoms with Gasteiger partial charge >= 0.3 is 0 Å². The average Bonchev–Trinajstić information content (AvgIpc) is 2.54. The summed E-state index contributed by atoms with van der Waals surface area (Å²) in [5, 5.41) is 2.78. The quantitative estimate of drug-likeness (QED) is 0.811. The fraction of sp³-hybridized carbons (Fsp3) is 0.350. The van der Waals surface area contributed by atoms with Crippen molar-refractivity contribution in [2.75, 3.05) is 11.9 Å². The maximum absolute atomic E-state index is 12.2. The normalized spacial score (nSPS) is 12.0. The molecular formula is C20H26N2O3S. The Bertz CT molecular complexity index is 849. The molecule has 0 aromatic heterocycles. The maximum atomic E-state index is 12.2. The van der Waals surface area contributed by atoms with Crippen LogP contribution in [0.1, 0.15) is 38.3 Å². The molecule has 2 N–H and O–H groups in total. The molecule has 0 radical (unpaired) electrons. The van der Waals surface area contributed by atoms with Gasteiger partial charge in [-0.1, -0.05) is 50.6 Å². The van der Waals surface area contributed by atoms with E-state index >= 15 is 0 Å². The molecule has 0 saturated carbocycles. The summed E-state index contributed by atoms with van der Waals surface area (Å²) < 4.78 is 26.8. The van der Waals surface area contributed by atoms with E-state index in [4.69, 9.17) is 0 Å². The number of sulfonamides is 1. The summed E-state index contributed by atoms with van der Waals surface area (Å²) in [4.78, 5) is 12.2. The van der Waals surface area contributed by atoms with Crippen molar-refractivity contribution in [1.29, 1.82) is 0 Å². The van der Waals surface area contributed by atoms with Crippen LogP contribution in [0.2, 0.25) is 0 Å². The summed E-state index contributed by atoms with van der Waals surface area (Å²) in [6.45, 7) is 8.31. The molecular weight excluding hydrogens is 348 g/mol. The highest BCUT2D eigenvalue weighted by atomic mass is 32.2. The van der Waals surface area contributed by atoms with Crippen LogP contribution in [-0.2, 0) is 20.2 Å². The van der Waals surface area contributed by atoms with E-state index in [0.717, 1.165) is 5.56 Å². The molecule has 0 spiro atoms. The predicted octanol–water partition coefficient (Wildman–Crippen LogP) is 3.60. The molecule has 0 atom stereocenters. The van der Waals surface area contributed by atoms with Gasteiger partial charge in [0, 0.05) is 18.7 Å². The second-order valence-electron chi connectivity index (χ2n) is 7.34. The summed E-state index contributed by atoms with van der Waals surface area (Å²) in [6, 6.07) is 14.3. The van der Waals surface area contributed by atoms with E-state index in [-0.39, 0.29) is 29.2 Å². The van der Waals surface area contributed by atoms with Gasteiger partial charge in [0.05, 0.1) is 4.90 Å². The molecule has 0 aliphatic carbocycles. The number of nitrogens with one attached hydrogen (secondary N) is 2. The van der Waals surface area contributed by atoms with E-state index in [1.807, 2.05) is 31.2 Å². The SMILES string of the molecule is Cc1ccc(S(=O)(=O)NCCC(=O)Nc2ccc(C(C)(C)C)cc2)cc1. The van der Waals surface area contributed by atoms with E-state index < -0.39 is 10.0 Å². The number of rotatable bonds is 6. The largest absolute Gasteiger partial charge is 0.326 e. The lowest BCUT2D eigenvalue weighted by Crippen LogP contribution is -2.27. The molecule has 26 heavy (non-hydrogen) atoms. The highest BCUT2D eigenvalue weighted by Crippen LogP contribution is 2.23. The minimum absolute atomic E-state index is 0.0438. The molecule has 0 fully saturated rings. The standard InChI is InChI=1S/C20H26N2O3S/c1-15-5-11-18(12-6-15)26(24,25)21-14-13-19(23)22-17-9-7-16(8-10-17)20(2,3)4/h5-12,21H,13-14H2,1-4H3,(H,22,23). The zero-order chi connectivity index (χ0) is 19.4. The summed E-state index contributed by atoms with van der Waals surface area (Å²) >= 11 is 0. The Hall–Kier alpha value is -2.18. The third kappa shape index (κ3) is 5.68. The monoisotopic (exact) mass is 374 g/mol. The molecule has 0 bridgehead atoms. The molecule has 0 unspecified atom stereocenters. The van der Waals surface area contributed by atoms with Crippen LogP contribution in [0.3, 0.4) is 0 Å². The van der Waals surface area contributed by atoms with Gasteiger partial charge in [-0.05, 0) is 42.2 Å². The first-order valence-electron chi connectivity index (χ1n) is 8.55. The third-order valence-corrected chi connectivity index (χ3v) is 5.49. The minimum atomic E-state index is -3.60. The first-order valence-corrected chi connectivity index (χ1v) is 10.0. The van der Waals surface area contributed by atoms with Gasteiger partial charge in [-0.15, -0.1) is 0 Å². The van der Waals surface area contributed by atoms with Crippen LogP contribution >= 0.6 is 0 Å². The fourth-order valence-electron chi connectivity index (χ4n) is 2.38. The Balaban J connectivity index is 1.86. The molecule has 0 saturated heterocycles. The Morgan fingerprint density at radius 3 is 2.08 bits per heavy atom. The van der Waals surface area contributed by atoms with Crippen molar-refractivity contribution < 1.29 is 13.2 Å². The van der Waals surface area contributed by atoms with Crippen molar-refractivity contribution in [3.05, 3.63) is 59.7 Å². The number of hydrogen-bond donors (Lipinski definition) is 2. The smallest absolute Gasteiger partial charge is 0.240 e. The molecule has 6 heteroatoms. The number of carbonyl (C=O) groups is 1. The number of hydrogen-bond acceptors (Lipinski definition) is 3. The number of amides is 1. The first kappa shape index (κ1) is 20.1. The summed E-state index contributed by atoms with van der Waals surface area (Å²) in [6.07, 6.45) is 0.0616. The van der Waals surface area contributed by atoms with Crippen LogP contribution in [0.5, 0.6) is 0 Å². The van der Waals surface area contributed by atoms with E-state index in [0.29, 0.717) is 5.69 Å². The van der Waals surface area contributed by atoms with Crippen molar-refractivity contribution in [2.45, 2.75) is 44.4 Å². The van der Waals surface area contributed by atoms with Crippen molar-refractivity contribution in [3.63, 3.8) is 0 Å². The topological polar surface area (TPSA) is 75.3 Å². The second-order valence-corrected chi connectivity index (χ2v) is 9.10. The number of benzene rings is 2. The predicted molar refractivity (Wildman–Crippen MR) is 105 cm³/mol. The summed E-state index contributed by atoms with van der Waals surface area (Å²) in [5.41, 5.74) is 2.92. The number of anilines is 1. The zero-order valence-electron chi connectivity index (χ0n) is 15.7. The van der Waals surface area contributed by atoms with Gasteiger partial charge in [0.25, 0.3) is 0 Å². The molecule has 140 valence electrons. The van der Waals surface area contributed by atoms with Crippen LogP contribution in [-0.4, -0.2) is 20.9 Å². The van der Waals surface area contributed by atoms with Gasteiger partial charge in [-0.2, -0.15) is 0 Å². The summed E-state index contributed by atoms with van der Waals surface area (Å²) in [5.74, 6) is -0.236. The highest BCUT2D eigenvalue weighted by Gasteiger charge is 2.15. The Morgan fingerprint density at radius 1 is 0.962 bits per heavy atom. The molecule has 2 aromatic carbocycles. The van der Waals surface area contributed by atoms with Gasteiger partial charge in [-0.3, -0.25) is 4.79 Å². The van der Waals surface area contributed by atoms with Crippen LogP contribution in [0.4, 0.5) is 5.69 Å². The molecule has 5 nitrogen and oxygen atoms in total. The molecule has 0 aliphatic heterocycles. The fourth-order valence-corrected chi connectivity index (χ4v) is 3.41. The van der Waals surface area contributed by atoms with Gasteiger partial charge in [-0.25, -0.2) is 13.1 Å². The van der Waals surface area contributed by atoms with E-state index in [9.17, 15) is 13.2 Å². The lowest BCUT2D eigenvalue weighted by Gasteiger charge is -2.19. The molecule has 0 aliphatic rings. The highest BCUT2D eigenvalue weighted by molar-refractivity contribution is 7.89. The van der Waals surface area contributed by atoms with Gasteiger partial charge in [0.2, 0.25) is 15.9 Å². The minimum Gasteiger partial charge on any atom is -0.326 e. The maximum Gasteiger partial charge on any atom is 0.240 e. The lowest BCUT2D eigenvalue weighted by molar-refractivity contribution is -0.116. The van der Waals surface area contributed by atoms with Crippen LogP contribution < -0.4 is 10.0 Å². The van der Waals surface area contributed by atoms with E-state index in [1.54, 1.807) is 24.3 Å². The van der Waals surface area contributed by atoms with Crippen molar-refractivity contribution >= 4 is 21.6 Å². The van der Waals surface area contributed by atoms with Crippen LogP contribution in [0.25, 0.3) is 0 Å². The third-order valence-electron chi connectivity index (χ3n) is 4.01. The van der Waals surface area contributed by atoms with Crippen LogP contribution in [0, 0.1) is 6.92 Å². The first-order chi connectivity index (χ1) is 12.1. The van der Waals surface area contributed by atoms with E-state index in [2.05, 4.69) is 30.8 Å². The van der Waals surface area contributed by atoms with Crippen molar-refractivity contribution in [2.24, 2.45) is 0 Å². The molecule has 0 heterocycles. The van der Waals surface area contributed by atoms with Crippen LogP contribution in [0.15, 0.2) is 53.4 Å². The van der Waals surface area contributed by atoms with Crippen molar-refractivity contribution in [1.82, 2.24) is 4.72 Å². The van der Waals surface area contributed by atoms with Gasteiger partial charge in [0.15, 0.2) is 0 Å².